The predicted molar refractivity (Wildman–Crippen MR) is 165 cm³/mol. The highest BCUT2D eigenvalue weighted by atomic mass is 127. The van der Waals surface area contributed by atoms with E-state index in [1.165, 1.54) is 0 Å². The van der Waals surface area contributed by atoms with E-state index in [-0.39, 0.29) is 11.8 Å². The topological polar surface area (TPSA) is 52.6 Å². The zero-order chi connectivity index (χ0) is 26.8. The van der Waals surface area contributed by atoms with E-state index in [2.05, 4.69) is 76.4 Å². The Hall–Kier alpha value is -2.72. The van der Waals surface area contributed by atoms with E-state index in [0.717, 1.165) is 29.4 Å². The molecule has 0 radical (unpaired) electrons. The Bertz CT molecular complexity index is 1450. The Morgan fingerprint density at radius 1 is 0.632 bits per heavy atom. The van der Waals surface area contributed by atoms with Crippen LogP contribution in [0.3, 0.4) is 0 Å². The molecule has 0 aromatic heterocycles. The van der Waals surface area contributed by atoms with Crippen LogP contribution in [-0.4, -0.2) is 24.1 Å². The van der Waals surface area contributed by atoms with Crippen molar-refractivity contribution in [2.24, 2.45) is 0 Å². The number of hydrogen-bond acceptors (Lipinski definition) is 4. The normalized spacial score (nSPS) is 20.3. The average molecular weight is 728 g/mol. The molecule has 1 aliphatic rings. The summed E-state index contributed by atoms with van der Waals surface area (Å²) < 4.78 is 14.8. The molecule has 38 heavy (non-hydrogen) atoms. The van der Waals surface area contributed by atoms with Crippen LogP contribution in [0.1, 0.15) is 61.7 Å². The van der Waals surface area contributed by atoms with Gasteiger partial charge in [-0.1, -0.05) is 67.6 Å². The molecule has 0 spiro atoms. The number of carbonyl (C=O) groups is 2. The molecule has 4 aromatic carbocycles. The first-order valence-electron chi connectivity index (χ1n) is 12.4. The van der Waals surface area contributed by atoms with Gasteiger partial charge >= 0.3 is 11.9 Å². The van der Waals surface area contributed by atoms with Gasteiger partial charge in [0.1, 0.15) is 6.10 Å². The minimum absolute atomic E-state index is 0.197. The second-order valence-corrected chi connectivity index (χ2v) is 11.8. The van der Waals surface area contributed by atoms with Gasteiger partial charge in [-0.25, -0.2) is 9.59 Å². The van der Waals surface area contributed by atoms with Crippen LogP contribution in [0.4, 0.5) is 0 Å². The van der Waals surface area contributed by atoms with Crippen LogP contribution in [0, 0.1) is 14.1 Å². The Morgan fingerprint density at radius 2 is 1.13 bits per heavy atom. The van der Waals surface area contributed by atoms with Crippen LogP contribution in [-0.2, 0) is 9.47 Å². The third-order valence-corrected chi connectivity index (χ3v) is 8.99. The van der Waals surface area contributed by atoms with Gasteiger partial charge in [-0.15, -0.1) is 0 Å². The maximum absolute atomic E-state index is 13.5. The third-order valence-electron chi connectivity index (χ3n) is 7.11. The lowest BCUT2D eigenvalue weighted by Gasteiger charge is -2.43. The molecule has 0 fully saturated rings. The lowest BCUT2D eigenvalue weighted by atomic mass is 9.70. The molecule has 0 heterocycles. The molecule has 4 aromatic rings. The summed E-state index contributed by atoms with van der Waals surface area (Å²) in [5, 5.41) is 0. The van der Waals surface area contributed by atoms with Crippen LogP contribution in [0.5, 0.6) is 0 Å². The van der Waals surface area contributed by atoms with E-state index in [1.807, 2.05) is 55.5 Å². The first-order valence-corrected chi connectivity index (χ1v) is 14.6. The molecule has 4 nitrogen and oxygen atoms in total. The summed E-state index contributed by atoms with van der Waals surface area (Å²) in [5.41, 5.74) is 5.30. The van der Waals surface area contributed by atoms with Crippen molar-refractivity contribution in [2.45, 2.75) is 37.9 Å². The summed E-state index contributed by atoms with van der Waals surface area (Å²) in [5.74, 6) is -1.38. The van der Waals surface area contributed by atoms with Crippen molar-refractivity contribution in [1.82, 2.24) is 0 Å². The molecule has 0 saturated heterocycles. The Labute approximate surface area is 250 Å². The average Bonchev–Trinajstić information content (AvgIpc) is 2.93. The highest BCUT2D eigenvalue weighted by molar-refractivity contribution is 14.1. The molecular formula is C32H26I2O4. The smallest absolute Gasteiger partial charge is 0.338 e. The van der Waals surface area contributed by atoms with Crippen molar-refractivity contribution >= 4 is 57.1 Å². The third kappa shape index (κ3) is 5.25. The fourth-order valence-electron chi connectivity index (χ4n) is 5.32. The number of carbonyl (C=O) groups excluding carboxylic acids is 2. The van der Waals surface area contributed by atoms with E-state index < -0.39 is 24.1 Å². The molecule has 5 rings (SSSR count). The second-order valence-electron chi connectivity index (χ2n) is 9.45. The molecule has 0 N–H and O–H groups in total. The highest BCUT2D eigenvalue weighted by Crippen LogP contribution is 2.48. The van der Waals surface area contributed by atoms with Crippen LogP contribution < -0.4 is 0 Å². The molecule has 192 valence electrons. The molecule has 0 bridgehead atoms. The number of benzene rings is 4. The van der Waals surface area contributed by atoms with Crippen molar-refractivity contribution in [3.63, 3.8) is 0 Å². The highest BCUT2D eigenvalue weighted by Gasteiger charge is 2.48. The second kappa shape index (κ2) is 11.6. The summed E-state index contributed by atoms with van der Waals surface area (Å²) in [7, 11) is 0. The molecule has 6 heteroatoms. The van der Waals surface area contributed by atoms with E-state index in [0.29, 0.717) is 11.1 Å². The van der Waals surface area contributed by atoms with Crippen LogP contribution in [0.15, 0.2) is 97.1 Å². The van der Waals surface area contributed by atoms with Gasteiger partial charge in [-0.2, -0.15) is 0 Å². The molecule has 4 atom stereocenters. The number of esters is 2. The lowest BCUT2D eigenvalue weighted by Crippen LogP contribution is -2.47. The zero-order valence-corrected chi connectivity index (χ0v) is 25.3. The maximum atomic E-state index is 13.5. The Morgan fingerprint density at radius 3 is 1.68 bits per heavy atom. The summed E-state index contributed by atoms with van der Waals surface area (Å²) in [6.45, 7) is 4.12. The van der Waals surface area contributed by atoms with Gasteiger partial charge < -0.3 is 9.47 Å². The fourth-order valence-corrected chi connectivity index (χ4v) is 7.29. The van der Waals surface area contributed by atoms with E-state index >= 15 is 0 Å². The van der Waals surface area contributed by atoms with E-state index in [9.17, 15) is 9.59 Å². The first-order chi connectivity index (χ1) is 18.4. The monoisotopic (exact) mass is 728 g/mol. The number of rotatable bonds is 5. The van der Waals surface area contributed by atoms with Crippen LogP contribution >= 0.6 is 45.2 Å². The molecular weight excluding hydrogens is 702 g/mol. The Kier molecular flexibility index (Phi) is 8.18. The molecule has 0 saturated carbocycles. The van der Waals surface area contributed by atoms with Gasteiger partial charge in [0.2, 0.25) is 0 Å². The molecule has 1 aliphatic carbocycles. The number of ether oxygens (including phenoxy) is 2. The number of halogens is 2. The SMILES string of the molecule is Cc1cccc(I)c1C1c2cccc(I)c2C(C)C(OC(=O)c2ccccc2)C1OC(=O)c1ccccc1. The van der Waals surface area contributed by atoms with Crippen molar-refractivity contribution in [3.05, 3.63) is 138 Å². The van der Waals surface area contributed by atoms with Gasteiger partial charge in [0.15, 0.2) is 6.10 Å². The zero-order valence-electron chi connectivity index (χ0n) is 20.9. The van der Waals surface area contributed by atoms with Gasteiger partial charge in [0.25, 0.3) is 0 Å². The molecule has 4 unspecified atom stereocenters. The fraction of sp³-hybridized carbons (Fsp3) is 0.188. The number of hydrogen-bond donors (Lipinski definition) is 0. The Balaban J connectivity index is 1.68. The van der Waals surface area contributed by atoms with Gasteiger partial charge in [-0.3, -0.25) is 0 Å². The standard InChI is InChI=1S/C32H26I2O4/c1-19-11-9-17-24(33)26(19)28-23-16-10-18-25(34)27(23)20(2)29(37-31(35)21-12-5-3-6-13-21)30(28)38-32(36)22-14-7-4-8-15-22/h3-18,20,28-30H,1-2H3. The summed E-state index contributed by atoms with van der Waals surface area (Å²) in [4.78, 5) is 26.8. The first kappa shape index (κ1) is 26.9. The minimum Gasteiger partial charge on any atom is -0.454 e. The van der Waals surface area contributed by atoms with Crippen molar-refractivity contribution in [3.8, 4) is 0 Å². The van der Waals surface area contributed by atoms with E-state index in [4.69, 9.17) is 9.47 Å². The van der Waals surface area contributed by atoms with Crippen molar-refractivity contribution in [1.29, 1.82) is 0 Å². The number of aryl methyl sites for hydroxylation is 1. The minimum atomic E-state index is -0.731. The lowest BCUT2D eigenvalue weighted by molar-refractivity contribution is -0.0534. The molecule has 0 amide bonds. The quantitative estimate of drug-likeness (QED) is 0.155. The maximum Gasteiger partial charge on any atom is 0.338 e. The number of fused-ring (bicyclic) bond motifs is 1. The predicted octanol–water partition coefficient (Wildman–Crippen LogP) is 7.90. The largest absolute Gasteiger partial charge is 0.454 e. The van der Waals surface area contributed by atoms with E-state index in [1.54, 1.807) is 24.3 Å². The van der Waals surface area contributed by atoms with Crippen LogP contribution in [0.25, 0.3) is 0 Å². The van der Waals surface area contributed by atoms with Gasteiger partial charge in [-0.05, 0) is 111 Å². The van der Waals surface area contributed by atoms with Crippen molar-refractivity contribution < 1.29 is 19.1 Å². The van der Waals surface area contributed by atoms with Crippen LogP contribution in [0.2, 0.25) is 0 Å². The summed E-state index contributed by atoms with van der Waals surface area (Å²) in [6.07, 6.45) is -1.43. The summed E-state index contributed by atoms with van der Waals surface area (Å²) >= 11 is 4.70. The summed E-state index contributed by atoms with van der Waals surface area (Å²) in [6, 6.07) is 30.3. The van der Waals surface area contributed by atoms with Gasteiger partial charge in [0.05, 0.1) is 17.0 Å². The van der Waals surface area contributed by atoms with Crippen molar-refractivity contribution in [2.75, 3.05) is 0 Å². The molecule has 0 aliphatic heterocycles. The van der Waals surface area contributed by atoms with Gasteiger partial charge in [0, 0.05) is 13.1 Å².